The van der Waals surface area contributed by atoms with Gasteiger partial charge in [-0.25, -0.2) is 4.98 Å². The largest absolute Gasteiger partial charge is 0.248 e. The standard InChI is InChI=1S/C51H35NS/c1-50(2)43-31-44-48(53-47-27-14-13-26-42(47)51(44)40-24-11-9-20-35(40)36-21-10-12-25-41(36)51)30-39(43)37-22-15-23-38(49(37)50)46-29-34(32-16-5-3-6-17-32)28-45(52-46)33-18-7-4-8-19-33/h3-31H,1-2H3. The van der Waals surface area contributed by atoms with E-state index in [2.05, 4.69) is 190 Å². The molecule has 0 amide bonds. The molecule has 0 saturated heterocycles. The monoisotopic (exact) mass is 693 g/mol. The van der Waals surface area contributed by atoms with Gasteiger partial charge in [-0.15, -0.1) is 0 Å². The summed E-state index contributed by atoms with van der Waals surface area (Å²) in [5, 5.41) is 0. The van der Waals surface area contributed by atoms with Crippen LogP contribution in [0.1, 0.15) is 47.2 Å². The van der Waals surface area contributed by atoms with E-state index in [1.807, 2.05) is 11.8 Å². The predicted octanol–water partition coefficient (Wildman–Crippen LogP) is 13.2. The van der Waals surface area contributed by atoms with Gasteiger partial charge in [-0.1, -0.05) is 177 Å². The van der Waals surface area contributed by atoms with E-state index in [4.69, 9.17) is 4.98 Å². The lowest BCUT2D eigenvalue weighted by Crippen LogP contribution is -2.32. The van der Waals surface area contributed by atoms with Crippen molar-refractivity contribution in [2.45, 2.75) is 34.5 Å². The molecule has 0 fully saturated rings. The van der Waals surface area contributed by atoms with Gasteiger partial charge in [-0.05, 0) is 91.0 Å². The number of rotatable bonds is 3. The lowest BCUT2D eigenvalue weighted by molar-refractivity contribution is 0.652. The van der Waals surface area contributed by atoms with Gasteiger partial charge in [-0.2, -0.15) is 0 Å². The third kappa shape index (κ3) is 4.24. The van der Waals surface area contributed by atoms with Gasteiger partial charge in [0.1, 0.15) is 0 Å². The summed E-state index contributed by atoms with van der Waals surface area (Å²) in [7, 11) is 0. The minimum atomic E-state index is -0.400. The third-order valence-corrected chi connectivity index (χ3v) is 13.1. The Hall–Kier alpha value is -5.96. The van der Waals surface area contributed by atoms with E-state index in [9.17, 15) is 0 Å². The number of aromatic nitrogens is 1. The fourth-order valence-electron chi connectivity index (χ4n) is 9.66. The van der Waals surface area contributed by atoms with Crippen LogP contribution < -0.4 is 0 Å². The molecule has 0 N–H and O–H groups in total. The van der Waals surface area contributed by atoms with Gasteiger partial charge in [0.25, 0.3) is 0 Å². The van der Waals surface area contributed by atoms with Crippen molar-refractivity contribution in [3.05, 3.63) is 209 Å². The first kappa shape index (κ1) is 30.6. The maximum Gasteiger partial charge on any atom is 0.0735 e. The molecular weight excluding hydrogens is 659 g/mol. The molecule has 1 spiro atoms. The van der Waals surface area contributed by atoms with Crippen LogP contribution in [0.3, 0.4) is 0 Å². The van der Waals surface area contributed by atoms with Crippen molar-refractivity contribution in [1.29, 1.82) is 0 Å². The topological polar surface area (TPSA) is 12.9 Å². The van der Waals surface area contributed by atoms with Crippen molar-refractivity contribution in [2.24, 2.45) is 0 Å². The molecular formula is C51H35NS. The molecule has 0 bridgehead atoms. The number of benzene rings is 7. The second-order valence-electron chi connectivity index (χ2n) is 15.0. The molecule has 2 heteroatoms. The molecule has 1 nitrogen and oxygen atoms in total. The van der Waals surface area contributed by atoms with Crippen molar-refractivity contribution in [3.63, 3.8) is 0 Å². The number of pyridine rings is 1. The third-order valence-electron chi connectivity index (χ3n) is 11.9. The lowest BCUT2D eigenvalue weighted by Gasteiger charge is -2.40. The average Bonchev–Trinajstić information content (AvgIpc) is 3.63. The summed E-state index contributed by atoms with van der Waals surface area (Å²) < 4.78 is 0. The van der Waals surface area contributed by atoms with Crippen LogP contribution in [0.2, 0.25) is 0 Å². The molecule has 2 heterocycles. The van der Waals surface area contributed by atoms with E-state index in [-0.39, 0.29) is 5.41 Å². The van der Waals surface area contributed by atoms with Crippen LogP contribution >= 0.6 is 11.8 Å². The lowest BCUT2D eigenvalue weighted by atomic mass is 9.66. The highest BCUT2D eigenvalue weighted by Gasteiger charge is 2.51. The van der Waals surface area contributed by atoms with Crippen molar-refractivity contribution < 1.29 is 0 Å². The Morgan fingerprint density at radius 2 is 0.943 bits per heavy atom. The molecule has 11 rings (SSSR count). The smallest absolute Gasteiger partial charge is 0.0735 e. The van der Waals surface area contributed by atoms with Gasteiger partial charge in [0.2, 0.25) is 0 Å². The first-order chi connectivity index (χ1) is 26.0. The van der Waals surface area contributed by atoms with E-state index in [1.165, 1.54) is 82.1 Å². The molecule has 2 aliphatic carbocycles. The second kappa shape index (κ2) is 11.3. The van der Waals surface area contributed by atoms with Crippen LogP contribution in [-0.4, -0.2) is 4.98 Å². The van der Waals surface area contributed by atoms with E-state index >= 15 is 0 Å². The zero-order valence-electron chi connectivity index (χ0n) is 29.6. The highest BCUT2D eigenvalue weighted by molar-refractivity contribution is 7.99. The summed E-state index contributed by atoms with van der Waals surface area (Å²) in [5.41, 5.74) is 19.5. The summed E-state index contributed by atoms with van der Waals surface area (Å²) in [4.78, 5) is 8.07. The first-order valence-corrected chi connectivity index (χ1v) is 19.3. The van der Waals surface area contributed by atoms with Crippen LogP contribution in [-0.2, 0) is 10.8 Å². The highest BCUT2D eigenvalue weighted by atomic mass is 32.2. The number of hydrogen-bond acceptors (Lipinski definition) is 2. The Bertz CT molecular complexity index is 2670. The van der Waals surface area contributed by atoms with Crippen LogP contribution in [0.5, 0.6) is 0 Å². The fourth-order valence-corrected chi connectivity index (χ4v) is 10.9. The summed E-state index contributed by atoms with van der Waals surface area (Å²) in [6.07, 6.45) is 0. The molecule has 0 saturated carbocycles. The zero-order valence-corrected chi connectivity index (χ0v) is 30.4. The van der Waals surface area contributed by atoms with E-state index in [0.29, 0.717) is 0 Å². The molecule has 53 heavy (non-hydrogen) atoms. The Balaban J connectivity index is 1.16. The fraction of sp³-hybridized carbons (Fsp3) is 0.0784. The maximum atomic E-state index is 5.41. The van der Waals surface area contributed by atoms with E-state index < -0.39 is 5.41 Å². The zero-order chi connectivity index (χ0) is 35.3. The van der Waals surface area contributed by atoms with Crippen molar-refractivity contribution >= 4 is 11.8 Å². The normalized spacial score (nSPS) is 14.8. The average molecular weight is 694 g/mol. The van der Waals surface area contributed by atoms with Gasteiger partial charge in [0, 0.05) is 26.3 Å². The Morgan fingerprint density at radius 3 is 1.66 bits per heavy atom. The van der Waals surface area contributed by atoms with Crippen molar-refractivity contribution in [1.82, 2.24) is 4.98 Å². The van der Waals surface area contributed by atoms with Crippen LogP contribution in [0.4, 0.5) is 0 Å². The second-order valence-corrected chi connectivity index (χ2v) is 16.1. The molecule has 1 aromatic heterocycles. The number of fused-ring (bicyclic) bond motifs is 12. The molecule has 7 aromatic carbocycles. The summed E-state index contributed by atoms with van der Waals surface area (Å²) >= 11 is 1.92. The Morgan fingerprint density at radius 1 is 0.377 bits per heavy atom. The van der Waals surface area contributed by atoms with Gasteiger partial charge < -0.3 is 0 Å². The predicted molar refractivity (Wildman–Crippen MR) is 220 cm³/mol. The molecule has 3 aliphatic rings. The van der Waals surface area contributed by atoms with Crippen LogP contribution in [0.15, 0.2) is 186 Å². The Kier molecular flexibility index (Phi) is 6.52. The molecule has 0 radical (unpaired) electrons. The summed E-state index contributed by atoms with van der Waals surface area (Å²) in [5.74, 6) is 0. The minimum Gasteiger partial charge on any atom is -0.248 e. The molecule has 250 valence electrons. The van der Waals surface area contributed by atoms with Gasteiger partial charge in [0.15, 0.2) is 0 Å². The van der Waals surface area contributed by atoms with E-state index in [0.717, 1.165) is 17.0 Å². The molecule has 1 aliphatic heterocycles. The van der Waals surface area contributed by atoms with Crippen molar-refractivity contribution in [2.75, 3.05) is 0 Å². The Labute approximate surface area is 315 Å². The van der Waals surface area contributed by atoms with E-state index in [1.54, 1.807) is 0 Å². The summed E-state index contributed by atoms with van der Waals surface area (Å²) in [6.45, 7) is 4.83. The number of nitrogens with zero attached hydrogens (tertiary/aromatic N) is 1. The molecule has 0 unspecified atom stereocenters. The minimum absolute atomic E-state index is 0.270. The number of hydrogen-bond donors (Lipinski definition) is 0. The maximum absolute atomic E-state index is 5.41. The first-order valence-electron chi connectivity index (χ1n) is 18.5. The van der Waals surface area contributed by atoms with Gasteiger partial charge >= 0.3 is 0 Å². The van der Waals surface area contributed by atoms with Crippen LogP contribution in [0.25, 0.3) is 55.9 Å². The van der Waals surface area contributed by atoms with Gasteiger partial charge in [-0.3, -0.25) is 0 Å². The summed E-state index contributed by atoms with van der Waals surface area (Å²) in [6, 6.07) is 65.0. The van der Waals surface area contributed by atoms with Crippen LogP contribution in [0, 0.1) is 0 Å². The molecule has 0 atom stereocenters. The highest BCUT2D eigenvalue weighted by Crippen LogP contribution is 2.64. The SMILES string of the molecule is CC1(C)c2cc3c(cc2-c2cccc(-c4cc(-c5ccccc5)cc(-c5ccccc5)n4)c21)Sc1ccccc1C31c2ccccc2-c2ccccc21. The quantitative estimate of drug-likeness (QED) is 0.183. The van der Waals surface area contributed by atoms with Gasteiger partial charge in [0.05, 0.1) is 16.8 Å². The molecule has 8 aromatic rings. The van der Waals surface area contributed by atoms with Crippen molar-refractivity contribution in [3.8, 4) is 55.9 Å².